The molecule has 3 heterocycles. The molecule has 0 aliphatic carbocycles. The zero-order valence-corrected chi connectivity index (χ0v) is 13.7. The zero-order chi connectivity index (χ0) is 18.4. The molecule has 13 nitrogen and oxygen atoms in total. The number of aromatic nitrogens is 4. The number of ether oxygens (including phenoxy) is 1. The van der Waals surface area contributed by atoms with Crippen LogP contribution in [-0.4, -0.2) is 66.7 Å². The standard InChI is InChI=1S/C11H16N5O8P/c1-22-25(20,21)23-2-4-6(17)7(18)10(24-4)16-3-13-5-8(16)14-11(12)15-9(5)19/h3-4,6-7,10,17-18H,2H2,1H3,(H,20,21)(H3,12,14,15,19)/t4-,6?,7+,10-/m1/s1. The highest BCUT2D eigenvalue weighted by atomic mass is 31.2. The molecule has 0 bridgehead atoms. The molecule has 3 rings (SSSR count). The Bertz CT molecular complexity index is 883. The minimum atomic E-state index is -4.27. The third-order valence-corrected chi connectivity index (χ3v) is 4.63. The summed E-state index contributed by atoms with van der Waals surface area (Å²) < 4.78 is 26.9. The summed E-state index contributed by atoms with van der Waals surface area (Å²) >= 11 is 0. The first kappa shape index (κ1) is 17.9. The Hall–Kier alpha value is -1.86. The van der Waals surface area contributed by atoms with Gasteiger partial charge in [0.1, 0.15) is 18.3 Å². The topological polar surface area (TPSA) is 195 Å². The molecular weight excluding hydrogens is 361 g/mol. The second-order valence-electron chi connectivity index (χ2n) is 5.27. The first-order valence-corrected chi connectivity index (χ1v) is 8.50. The summed E-state index contributed by atoms with van der Waals surface area (Å²) in [5, 5.41) is 20.3. The molecule has 0 aromatic carbocycles. The second kappa shape index (κ2) is 6.46. The number of nitrogen functional groups attached to an aromatic ring is 1. The first-order valence-electron chi connectivity index (χ1n) is 7.00. The van der Waals surface area contributed by atoms with E-state index < -0.39 is 44.5 Å². The minimum Gasteiger partial charge on any atom is -0.387 e. The smallest absolute Gasteiger partial charge is 0.387 e. The summed E-state index contributed by atoms with van der Waals surface area (Å²) in [7, 11) is -3.29. The van der Waals surface area contributed by atoms with Gasteiger partial charge in [-0.05, 0) is 0 Å². The van der Waals surface area contributed by atoms with E-state index in [1.165, 1.54) is 10.9 Å². The summed E-state index contributed by atoms with van der Waals surface area (Å²) in [4.78, 5) is 31.1. The molecule has 2 unspecified atom stereocenters. The van der Waals surface area contributed by atoms with Crippen LogP contribution in [0.25, 0.3) is 11.2 Å². The highest BCUT2D eigenvalue weighted by Crippen LogP contribution is 2.43. The lowest BCUT2D eigenvalue weighted by Crippen LogP contribution is -2.33. The molecule has 14 heteroatoms. The molecule has 1 fully saturated rings. The number of fused-ring (bicyclic) bond motifs is 1. The van der Waals surface area contributed by atoms with E-state index in [-0.39, 0.29) is 17.1 Å². The summed E-state index contributed by atoms with van der Waals surface area (Å²) in [6.45, 7) is -0.515. The van der Waals surface area contributed by atoms with Crippen LogP contribution in [0.5, 0.6) is 0 Å². The van der Waals surface area contributed by atoms with Gasteiger partial charge in [0.25, 0.3) is 5.56 Å². The Morgan fingerprint density at radius 3 is 2.88 bits per heavy atom. The fourth-order valence-electron chi connectivity index (χ4n) is 2.45. The largest absolute Gasteiger partial charge is 0.472 e. The average molecular weight is 377 g/mol. The number of phosphoric acid groups is 1. The van der Waals surface area contributed by atoms with Crippen LogP contribution in [0.3, 0.4) is 0 Å². The van der Waals surface area contributed by atoms with Gasteiger partial charge in [-0.3, -0.25) is 23.4 Å². The van der Waals surface area contributed by atoms with Crippen LogP contribution in [0, 0.1) is 0 Å². The van der Waals surface area contributed by atoms with Crippen molar-refractivity contribution >= 4 is 24.9 Å². The summed E-state index contributed by atoms with van der Waals surface area (Å²) in [6, 6.07) is 0. The molecule has 0 saturated carbocycles. The molecule has 138 valence electrons. The van der Waals surface area contributed by atoms with Gasteiger partial charge < -0.3 is 25.6 Å². The number of nitrogens with one attached hydrogen (secondary N) is 1. The number of aliphatic hydroxyl groups is 2. The number of imidazole rings is 1. The number of aromatic amines is 1. The fourth-order valence-corrected chi connectivity index (χ4v) is 2.89. The lowest BCUT2D eigenvalue weighted by atomic mass is 10.1. The van der Waals surface area contributed by atoms with Crippen LogP contribution in [0.2, 0.25) is 0 Å². The average Bonchev–Trinajstić information content (AvgIpc) is 3.08. The maximum Gasteiger partial charge on any atom is 0.472 e. The van der Waals surface area contributed by atoms with Crippen molar-refractivity contribution in [3.05, 3.63) is 16.7 Å². The molecule has 1 aliphatic rings. The van der Waals surface area contributed by atoms with E-state index in [4.69, 9.17) is 10.5 Å². The number of aliphatic hydroxyl groups excluding tert-OH is 2. The Labute approximate surface area is 139 Å². The molecule has 25 heavy (non-hydrogen) atoms. The Morgan fingerprint density at radius 2 is 2.20 bits per heavy atom. The molecular formula is C11H16N5O8P. The van der Waals surface area contributed by atoms with Gasteiger partial charge in [-0.15, -0.1) is 0 Å². The Morgan fingerprint density at radius 1 is 1.48 bits per heavy atom. The minimum absolute atomic E-state index is 0.0292. The van der Waals surface area contributed by atoms with Gasteiger partial charge in [-0.25, -0.2) is 9.55 Å². The number of phosphoric ester groups is 1. The Balaban J connectivity index is 1.87. The van der Waals surface area contributed by atoms with Crippen LogP contribution < -0.4 is 11.3 Å². The zero-order valence-electron chi connectivity index (χ0n) is 12.8. The molecule has 1 aliphatic heterocycles. The lowest BCUT2D eigenvalue weighted by Gasteiger charge is -2.17. The summed E-state index contributed by atoms with van der Waals surface area (Å²) in [5.41, 5.74) is 4.94. The highest BCUT2D eigenvalue weighted by Gasteiger charge is 2.45. The molecule has 0 spiro atoms. The van der Waals surface area contributed by atoms with Crippen molar-refractivity contribution in [2.24, 2.45) is 0 Å². The number of nitrogens with zero attached hydrogens (tertiary/aromatic N) is 3. The van der Waals surface area contributed by atoms with E-state index >= 15 is 0 Å². The maximum atomic E-state index is 11.8. The number of hydrogen-bond acceptors (Lipinski definition) is 10. The van der Waals surface area contributed by atoms with Gasteiger partial charge in [0.15, 0.2) is 17.4 Å². The number of anilines is 1. The number of rotatable bonds is 5. The molecule has 0 radical (unpaired) electrons. The van der Waals surface area contributed by atoms with E-state index in [1.807, 2.05) is 0 Å². The van der Waals surface area contributed by atoms with Crippen molar-refractivity contribution in [3.8, 4) is 0 Å². The molecule has 2 aromatic rings. The molecule has 2 aromatic heterocycles. The third-order valence-electron chi connectivity index (χ3n) is 3.69. The second-order valence-corrected chi connectivity index (χ2v) is 6.83. The molecule has 6 N–H and O–H groups in total. The van der Waals surface area contributed by atoms with Gasteiger partial charge in [0.2, 0.25) is 5.95 Å². The van der Waals surface area contributed by atoms with Gasteiger partial charge >= 0.3 is 7.82 Å². The first-order chi connectivity index (χ1) is 11.7. The summed E-state index contributed by atoms with van der Waals surface area (Å²) in [5.74, 6) is -0.159. The van der Waals surface area contributed by atoms with Crippen molar-refractivity contribution in [3.63, 3.8) is 0 Å². The third kappa shape index (κ3) is 3.30. The van der Waals surface area contributed by atoms with Crippen LogP contribution >= 0.6 is 7.82 Å². The number of hydrogen-bond donors (Lipinski definition) is 5. The molecule has 0 amide bonds. The quantitative estimate of drug-likeness (QED) is 0.364. The van der Waals surface area contributed by atoms with Crippen molar-refractivity contribution in [2.45, 2.75) is 24.5 Å². The predicted molar refractivity (Wildman–Crippen MR) is 81.3 cm³/mol. The Kier molecular flexibility index (Phi) is 4.64. The lowest BCUT2D eigenvalue weighted by molar-refractivity contribution is -0.0509. The monoisotopic (exact) mass is 377 g/mol. The van der Waals surface area contributed by atoms with Gasteiger partial charge in [0, 0.05) is 7.11 Å². The van der Waals surface area contributed by atoms with Crippen molar-refractivity contribution in [2.75, 3.05) is 19.5 Å². The fraction of sp³-hybridized carbons (Fsp3) is 0.545. The maximum absolute atomic E-state index is 11.8. The normalized spacial score (nSPS) is 29.1. The number of H-pyrrole nitrogens is 1. The van der Waals surface area contributed by atoms with Gasteiger partial charge in [-0.2, -0.15) is 4.98 Å². The van der Waals surface area contributed by atoms with Crippen molar-refractivity contribution < 1.29 is 33.5 Å². The van der Waals surface area contributed by atoms with E-state index in [2.05, 4.69) is 24.0 Å². The summed E-state index contributed by atoms with van der Waals surface area (Å²) in [6.07, 6.45) is -3.97. The van der Waals surface area contributed by atoms with E-state index in [0.717, 1.165) is 7.11 Å². The number of nitrogens with two attached hydrogens (primary N) is 1. The van der Waals surface area contributed by atoms with E-state index in [1.54, 1.807) is 0 Å². The van der Waals surface area contributed by atoms with Gasteiger partial charge in [0.05, 0.1) is 12.9 Å². The highest BCUT2D eigenvalue weighted by molar-refractivity contribution is 7.47. The van der Waals surface area contributed by atoms with E-state index in [0.29, 0.717) is 0 Å². The van der Waals surface area contributed by atoms with Crippen LogP contribution in [-0.2, 0) is 18.3 Å². The predicted octanol–water partition coefficient (Wildman–Crippen LogP) is -1.92. The van der Waals surface area contributed by atoms with Crippen LogP contribution in [0.15, 0.2) is 11.1 Å². The van der Waals surface area contributed by atoms with Crippen LogP contribution in [0.4, 0.5) is 5.95 Å². The van der Waals surface area contributed by atoms with Crippen molar-refractivity contribution in [1.29, 1.82) is 0 Å². The molecule has 5 atom stereocenters. The van der Waals surface area contributed by atoms with Crippen molar-refractivity contribution in [1.82, 2.24) is 19.5 Å². The van der Waals surface area contributed by atoms with Crippen LogP contribution in [0.1, 0.15) is 6.23 Å². The molecule has 1 saturated heterocycles. The van der Waals surface area contributed by atoms with Gasteiger partial charge in [-0.1, -0.05) is 0 Å². The van der Waals surface area contributed by atoms with E-state index in [9.17, 15) is 24.5 Å². The SMILES string of the molecule is COP(=O)(O)OC[C@H]1O[C@@H](n2cnc3c(=O)[nH]c(N)nc32)[C@@H](O)C1O.